The topological polar surface area (TPSA) is 37.0 Å². The normalized spacial score (nSPS) is 20.8. The van der Waals surface area contributed by atoms with Gasteiger partial charge in [-0.3, -0.25) is 0 Å². The third kappa shape index (κ3) is 3.34. The van der Waals surface area contributed by atoms with E-state index in [0.717, 1.165) is 29.9 Å². The summed E-state index contributed by atoms with van der Waals surface area (Å²) in [5.74, 6) is 1.45. The largest absolute Gasteiger partial charge is 0.369 e. The quantitative estimate of drug-likeness (QED) is 0.901. The summed E-state index contributed by atoms with van der Waals surface area (Å²) in [5.41, 5.74) is 0. The van der Waals surface area contributed by atoms with Crippen LogP contribution >= 0.6 is 27.5 Å². The number of piperidine rings is 1. The van der Waals surface area contributed by atoms with E-state index < -0.39 is 0 Å². The van der Waals surface area contributed by atoms with Crippen molar-refractivity contribution in [2.24, 2.45) is 5.92 Å². The molecule has 3 nitrogen and oxygen atoms in total. The van der Waals surface area contributed by atoms with Crippen LogP contribution in [0.3, 0.4) is 0 Å². The average Bonchev–Trinajstić information content (AvgIpc) is 2.29. The first-order valence-corrected chi connectivity index (χ1v) is 6.68. The van der Waals surface area contributed by atoms with E-state index in [1.807, 2.05) is 6.07 Å². The van der Waals surface area contributed by atoms with Crippen LogP contribution in [0.25, 0.3) is 0 Å². The van der Waals surface area contributed by atoms with E-state index >= 15 is 0 Å². The van der Waals surface area contributed by atoms with Crippen molar-refractivity contribution in [2.75, 3.05) is 25.0 Å². The lowest BCUT2D eigenvalue weighted by Gasteiger charge is -2.23. The van der Waals surface area contributed by atoms with Crippen LogP contribution in [-0.2, 0) is 0 Å². The number of anilines is 1. The van der Waals surface area contributed by atoms with Gasteiger partial charge in [0.15, 0.2) is 0 Å². The summed E-state index contributed by atoms with van der Waals surface area (Å²) in [4.78, 5) is 4.25. The molecule has 0 bridgehead atoms. The highest BCUT2D eigenvalue weighted by Gasteiger charge is 2.13. The average molecular weight is 305 g/mol. The maximum absolute atomic E-state index is 6.08. The van der Waals surface area contributed by atoms with Gasteiger partial charge >= 0.3 is 0 Å². The van der Waals surface area contributed by atoms with E-state index in [-0.39, 0.29) is 0 Å². The monoisotopic (exact) mass is 303 g/mol. The van der Waals surface area contributed by atoms with Crippen molar-refractivity contribution in [3.05, 3.63) is 21.8 Å². The molecule has 1 aromatic heterocycles. The molecule has 0 amide bonds. The summed E-state index contributed by atoms with van der Waals surface area (Å²) in [6, 6.07) is 1.86. The van der Waals surface area contributed by atoms with Gasteiger partial charge in [0.05, 0.1) is 5.02 Å². The van der Waals surface area contributed by atoms with E-state index in [1.54, 1.807) is 6.20 Å². The molecule has 1 aromatic rings. The maximum Gasteiger partial charge on any atom is 0.144 e. The Hall–Kier alpha value is -0.320. The predicted octanol–water partition coefficient (Wildman–Crippen LogP) is 2.91. The number of nitrogens with one attached hydrogen (secondary N) is 2. The molecule has 1 aliphatic rings. The summed E-state index contributed by atoms with van der Waals surface area (Å²) >= 11 is 9.42. The fourth-order valence-corrected chi connectivity index (χ4v) is 2.58. The minimum absolute atomic E-state index is 0.665. The Balaban J connectivity index is 1.88. The van der Waals surface area contributed by atoms with Crippen molar-refractivity contribution in [3.63, 3.8) is 0 Å². The molecule has 2 N–H and O–H groups in total. The molecule has 0 aromatic carbocycles. The van der Waals surface area contributed by atoms with Gasteiger partial charge < -0.3 is 10.6 Å². The number of halogens is 2. The molecule has 5 heteroatoms. The fourth-order valence-electron chi connectivity index (χ4n) is 1.88. The van der Waals surface area contributed by atoms with Crippen molar-refractivity contribution in [2.45, 2.75) is 12.8 Å². The zero-order valence-electron chi connectivity index (χ0n) is 8.97. The molecule has 0 aliphatic carbocycles. The van der Waals surface area contributed by atoms with Crippen LogP contribution in [0.15, 0.2) is 16.7 Å². The second kappa shape index (κ2) is 5.84. The Morgan fingerprint density at radius 1 is 1.62 bits per heavy atom. The molecule has 0 radical (unpaired) electrons. The molecule has 1 saturated heterocycles. The Bertz CT molecular complexity index is 353. The predicted molar refractivity (Wildman–Crippen MR) is 71.0 cm³/mol. The van der Waals surface area contributed by atoms with Crippen molar-refractivity contribution >= 4 is 33.3 Å². The van der Waals surface area contributed by atoms with Crippen molar-refractivity contribution < 1.29 is 0 Å². The molecule has 2 rings (SSSR count). The van der Waals surface area contributed by atoms with E-state index in [4.69, 9.17) is 11.6 Å². The molecule has 1 fully saturated rings. The van der Waals surface area contributed by atoms with E-state index in [2.05, 4.69) is 31.5 Å². The van der Waals surface area contributed by atoms with Crippen molar-refractivity contribution in [1.82, 2.24) is 10.3 Å². The number of hydrogen-bond acceptors (Lipinski definition) is 3. The van der Waals surface area contributed by atoms with Crippen LogP contribution in [0.5, 0.6) is 0 Å². The molecular formula is C11H15BrClN3. The van der Waals surface area contributed by atoms with E-state index in [0.29, 0.717) is 10.9 Å². The number of rotatable bonds is 3. The number of hydrogen-bond donors (Lipinski definition) is 2. The Morgan fingerprint density at radius 2 is 2.50 bits per heavy atom. The zero-order chi connectivity index (χ0) is 11.4. The molecule has 0 spiro atoms. The molecule has 16 heavy (non-hydrogen) atoms. The lowest BCUT2D eigenvalue weighted by Crippen LogP contribution is -2.33. The second-order valence-corrected chi connectivity index (χ2v) is 5.40. The van der Waals surface area contributed by atoms with Gasteiger partial charge in [0.1, 0.15) is 5.82 Å². The third-order valence-electron chi connectivity index (χ3n) is 2.76. The van der Waals surface area contributed by atoms with Crippen LogP contribution in [0.1, 0.15) is 12.8 Å². The Labute approximate surface area is 109 Å². The lowest BCUT2D eigenvalue weighted by molar-refractivity contribution is 0.392. The van der Waals surface area contributed by atoms with Crippen LogP contribution in [0, 0.1) is 5.92 Å². The minimum atomic E-state index is 0.665. The van der Waals surface area contributed by atoms with Gasteiger partial charge in [-0.15, -0.1) is 0 Å². The van der Waals surface area contributed by atoms with Crippen molar-refractivity contribution in [3.8, 4) is 0 Å². The van der Waals surface area contributed by atoms with E-state index in [1.165, 1.54) is 12.8 Å². The molecule has 88 valence electrons. The first kappa shape index (κ1) is 12.1. The van der Waals surface area contributed by atoms with Crippen LogP contribution in [0.2, 0.25) is 5.02 Å². The summed E-state index contributed by atoms with van der Waals surface area (Å²) in [6.45, 7) is 3.16. The van der Waals surface area contributed by atoms with E-state index in [9.17, 15) is 0 Å². The first-order valence-electron chi connectivity index (χ1n) is 5.51. The van der Waals surface area contributed by atoms with Crippen LogP contribution < -0.4 is 10.6 Å². The first-order chi connectivity index (χ1) is 7.75. The minimum Gasteiger partial charge on any atom is -0.369 e. The number of aromatic nitrogens is 1. The summed E-state index contributed by atoms with van der Waals surface area (Å²) in [7, 11) is 0. The van der Waals surface area contributed by atoms with Crippen LogP contribution in [-0.4, -0.2) is 24.6 Å². The number of pyridine rings is 1. The van der Waals surface area contributed by atoms with Gasteiger partial charge in [0, 0.05) is 17.2 Å². The van der Waals surface area contributed by atoms with Gasteiger partial charge in [-0.2, -0.15) is 0 Å². The summed E-state index contributed by atoms with van der Waals surface area (Å²) in [5, 5.41) is 7.36. The SMILES string of the molecule is Clc1cc(Br)cnc1NCC1CCCNC1. The second-order valence-electron chi connectivity index (χ2n) is 4.08. The highest BCUT2D eigenvalue weighted by molar-refractivity contribution is 9.10. The fraction of sp³-hybridized carbons (Fsp3) is 0.545. The summed E-state index contributed by atoms with van der Waals surface area (Å²) in [6.07, 6.45) is 4.29. The lowest BCUT2D eigenvalue weighted by atomic mass is 10.00. The molecular weight excluding hydrogens is 289 g/mol. The third-order valence-corrected chi connectivity index (χ3v) is 3.49. The standard InChI is InChI=1S/C11H15BrClN3/c12-9-4-10(13)11(16-7-9)15-6-8-2-1-3-14-5-8/h4,7-8,14H,1-3,5-6H2,(H,15,16). The van der Waals surface area contributed by atoms with Gasteiger partial charge in [-0.25, -0.2) is 4.98 Å². The Morgan fingerprint density at radius 3 is 3.19 bits per heavy atom. The Kier molecular flexibility index (Phi) is 4.44. The summed E-state index contributed by atoms with van der Waals surface area (Å²) < 4.78 is 0.905. The van der Waals surface area contributed by atoms with Crippen LogP contribution in [0.4, 0.5) is 5.82 Å². The smallest absolute Gasteiger partial charge is 0.144 e. The van der Waals surface area contributed by atoms with Gasteiger partial charge in [0.2, 0.25) is 0 Å². The molecule has 1 aliphatic heterocycles. The molecule has 0 saturated carbocycles. The molecule has 1 unspecified atom stereocenters. The molecule has 1 atom stereocenters. The molecule has 2 heterocycles. The highest BCUT2D eigenvalue weighted by atomic mass is 79.9. The zero-order valence-corrected chi connectivity index (χ0v) is 11.3. The van der Waals surface area contributed by atoms with Gasteiger partial charge in [0.25, 0.3) is 0 Å². The number of nitrogens with zero attached hydrogens (tertiary/aromatic N) is 1. The van der Waals surface area contributed by atoms with Gasteiger partial charge in [-0.05, 0) is 53.8 Å². The van der Waals surface area contributed by atoms with Crippen molar-refractivity contribution in [1.29, 1.82) is 0 Å². The van der Waals surface area contributed by atoms with Gasteiger partial charge in [-0.1, -0.05) is 11.6 Å². The maximum atomic E-state index is 6.08. The highest BCUT2D eigenvalue weighted by Crippen LogP contribution is 2.23.